The highest BCUT2D eigenvalue weighted by Gasteiger charge is 2.48. The number of aromatic nitrogens is 3. The van der Waals surface area contributed by atoms with Gasteiger partial charge in [0.05, 0.1) is 11.1 Å². The van der Waals surface area contributed by atoms with Crippen LogP contribution < -0.4 is 4.74 Å². The average Bonchev–Trinajstić information content (AvgIpc) is 3.35. The van der Waals surface area contributed by atoms with Crippen LogP contribution in [0.5, 0.6) is 11.5 Å². The summed E-state index contributed by atoms with van der Waals surface area (Å²) in [5.74, 6) is 2.15. The maximum absolute atomic E-state index is 6.58. The molecule has 6 aromatic rings. The number of nitrogens with zero attached hydrogens (tertiary/aromatic N) is 3. The monoisotopic (exact) mass is 601 g/mol. The zero-order chi connectivity index (χ0) is 32.1. The Balaban J connectivity index is 1.46. The van der Waals surface area contributed by atoms with Crippen molar-refractivity contribution < 1.29 is 4.74 Å². The zero-order valence-electron chi connectivity index (χ0n) is 27.4. The number of hydrogen-bond donors (Lipinski definition) is 0. The molecule has 4 nitrogen and oxygen atoms in total. The highest BCUT2D eigenvalue weighted by molar-refractivity contribution is 5.86. The van der Waals surface area contributed by atoms with E-state index >= 15 is 0 Å². The van der Waals surface area contributed by atoms with E-state index in [0.717, 1.165) is 28.3 Å². The summed E-state index contributed by atoms with van der Waals surface area (Å²) in [6.45, 7) is 13.7. The largest absolute Gasteiger partial charge is 0.457 e. The van der Waals surface area contributed by atoms with Gasteiger partial charge in [0.1, 0.15) is 11.5 Å². The summed E-state index contributed by atoms with van der Waals surface area (Å²) >= 11 is 0. The standard InChI is InChI=1S/C42H39N3O/c1-40(2,3)29-17-19-34-35-20-18-30(41(4,5)6)27-37(35)42(36(34)26-29,38-16-7-8-21-43-38)31-13-10-15-33(25-31)46-32-14-9-12-28(24-32)39-44-22-11-23-45-39/h7-27H,1-6H3. The smallest absolute Gasteiger partial charge is 0.159 e. The van der Waals surface area contributed by atoms with Crippen LogP contribution in [0.3, 0.4) is 0 Å². The van der Waals surface area contributed by atoms with Gasteiger partial charge in [0.2, 0.25) is 0 Å². The van der Waals surface area contributed by atoms with Crippen molar-refractivity contribution in [3.8, 4) is 34.0 Å². The van der Waals surface area contributed by atoms with E-state index in [1.54, 1.807) is 12.4 Å². The number of pyridine rings is 1. The van der Waals surface area contributed by atoms with Gasteiger partial charge in [0, 0.05) is 24.2 Å². The third kappa shape index (κ3) is 5.08. The van der Waals surface area contributed by atoms with Crippen molar-refractivity contribution in [3.05, 3.63) is 161 Å². The Labute approximate surface area is 272 Å². The lowest BCUT2D eigenvalue weighted by molar-refractivity contribution is 0.481. The Morgan fingerprint density at radius 2 is 1.11 bits per heavy atom. The van der Waals surface area contributed by atoms with Gasteiger partial charge in [-0.15, -0.1) is 0 Å². The maximum Gasteiger partial charge on any atom is 0.159 e. The van der Waals surface area contributed by atoms with E-state index in [0.29, 0.717) is 5.82 Å². The lowest BCUT2D eigenvalue weighted by Crippen LogP contribution is -2.30. The predicted molar refractivity (Wildman–Crippen MR) is 186 cm³/mol. The van der Waals surface area contributed by atoms with E-state index in [1.807, 2.05) is 48.7 Å². The van der Waals surface area contributed by atoms with Crippen molar-refractivity contribution in [2.75, 3.05) is 0 Å². The molecule has 0 N–H and O–H groups in total. The lowest BCUT2D eigenvalue weighted by Gasteiger charge is -2.34. The molecule has 4 heteroatoms. The van der Waals surface area contributed by atoms with Crippen LogP contribution in [0, 0.1) is 0 Å². The molecule has 0 aliphatic heterocycles. The first-order valence-electron chi connectivity index (χ1n) is 15.9. The summed E-state index contributed by atoms with van der Waals surface area (Å²) < 4.78 is 6.58. The zero-order valence-corrected chi connectivity index (χ0v) is 27.4. The SMILES string of the molecule is CC(C)(C)c1ccc2c(c1)C(c1cccc(Oc3cccc(-c4ncccn4)c3)c1)(c1ccccn1)c1cc(C(C)(C)C)ccc1-2. The second-order valence-corrected chi connectivity index (χ2v) is 14.2. The molecule has 228 valence electrons. The van der Waals surface area contributed by atoms with Crippen molar-refractivity contribution in [2.24, 2.45) is 0 Å². The maximum atomic E-state index is 6.58. The molecule has 0 fully saturated rings. The summed E-state index contributed by atoms with van der Waals surface area (Å²) in [4.78, 5) is 13.9. The van der Waals surface area contributed by atoms with E-state index in [-0.39, 0.29) is 10.8 Å². The summed E-state index contributed by atoms with van der Waals surface area (Å²) in [7, 11) is 0. The van der Waals surface area contributed by atoms with Gasteiger partial charge in [-0.25, -0.2) is 9.97 Å². The molecule has 0 saturated heterocycles. The first kappa shape index (κ1) is 29.6. The van der Waals surface area contributed by atoms with Crippen LogP contribution in [-0.4, -0.2) is 15.0 Å². The van der Waals surface area contributed by atoms with Gasteiger partial charge >= 0.3 is 0 Å². The minimum Gasteiger partial charge on any atom is -0.457 e. The molecule has 1 aliphatic rings. The van der Waals surface area contributed by atoms with Crippen LogP contribution in [0.25, 0.3) is 22.5 Å². The Hall–Kier alpha value is -5.09. The third-order valence-electron chi connectivity index (χ3n) is 9.08. The van der Waals surface area contributed by atoms with Gasteiger partial charge < -0.3 is 4.74 Å². The number of hydrogen-bond acceptors (Lipinski definition) is 4. The van der Waals surface area contributed by atoms with Crippen molar-refractivity contribution in [3.63, 3.8) is 0 Å². The Kier molecular flexibility index (Phi) is 7.12. The molecule has 1 aliphatic carbocycles. The molecule has 4 aromatic carbocycles. The van der Waals surface area contributed by atoms with Gasteiger partial charge in [-0.2, -0.15) is 0 Å². The van der Waals surface area contributed by atoms with E-state index < -0.39 is 5.41 Å². The number of fused-ring (bicyclic) bond motifs is 3. The molecule has 0 radical (unpaired) electrons. The Morgan fingerprint density at radius 1 is 0.522 bits per heavy atom. The van der Waals surface area contributed by atoms with Crippen molar-refractivity contribution in [1.29, 1.82) is 0 Å². The predicted octanol–water partition coefficient (Wildman–Crippen LogP) is 10.3. The van der Waals surface area contributed by atoms with Crippen molar-refractivity contribution in [2.45, 2.75) is 57.8 Å². The van der Waals surface area contributed by atoms with E-state index in [9.17, 15) is 0 Å². The molecule has 0 amide bonds. The Bertz CT molecular complexity index is 1970. The molecule has 0 saturated carbocycles. The number of benzene rings is 4. The number of rotatable bonds is 5. The van der Waals surface area contributed by atoms with Gasteiger partial charge in [-0.3, -0.25) is 4.98 Å². The van der Waals surface area contributed by atoms with Crippen LogP contribution in [0.1, 0.15) is 75.1 Å². The molecule has 0 spiro atoms. The first-order chi connectivity index (χ1) is 22.0. The topological polar surface area (TPSA) is 47.9 Å². The molecular formula is C42H39N3O. The number of ether oxygens (including phenoxy) is 1. The van der Waals surface area contributed by atoms with Gasteiger partial charge in [-0.1, -0.05) is 108 Å². The van der Waals surface area contributed by atoms with Crippen molar-refractivity contribution in [1.82, 2.24) is 15.0 Å². The molecule has 0 unspecified atom stereocenters. The van der Waals surface area contributed by atoms with E-state index in [4.69, 9.17) is 9.72 Å². The third-order valence-corrected chi connectivity index (χ3v) is 9.08. The fourth-order valence-electron chi connectivity index (χ4n) is 6.65. The van der Waals surface area contributed by atoms with Gasteiger partial charge in [0.25, 0.3) is 0 Å². The summed E-state index contributed by atoms with van der Waals surface area (Å²) in [6.07, 6.45) is 5.42. The van der Waals surface area contributed by atoms with Crippen LogP contribution >= 0.6 is 0 Å². The van der Waals surface area contributed by atoms with Crippen LogP contribution in [-0.2, 0) is 16.2 Å². The van der Waals surface area contributed by atoms with E-state index in [1.165, 1.54) is 33.4 Å². The molecule has 0 bridgehead atoms. The summed E-state index contributed by atoms with van der Waals surface area (Å²) in [5, 5.41) is 0. The lowest BCUT2D eigenvalue weighted by atomic mass is 9.68. The minimum absolute atomic E-state index is 0.0192. The fourth-order valence-corrected chi connectivity index (χ4v) is 6.65. The second-order valence-electron chi connectivity index (χ2n) is 14.2. The summed E-state index contributed by atoms with van der Waals surface area (Å²) in [5.41, 5.74) is 9.91. The molecule has 2 aromatic heterocycles. The molecule has 46 heavy (non-hydrogen) atoms. The fraction of sp³-hybridized carbons (Fsp3) is 0.214. The molecule has 7 rings (SSSR count). The first-order valence-corrected chi connectivity index (χ1v) is 15.9. The molecule has 2 heterocycles. The van der Waals surface area contributed by atoms with Crippen LogP contribution in [0.4, 0.5) is 0 Å². The van der Waals surface area contributed by atoms with Gasteiger partial charge in [-0.05, 0) is 92.2 Å². The highest BCUT2D eigenvalue weighted by atomic mass is 16.5. The second kappa shape index (κ2) is 11.1. The van der Waals surface area contributed by atoms with Crippen LogP contribution in [0.2, 0.25) is 0 Å². The quantitative estimate of drug-likeness (QED) is 0.197. The molecular weight excluding hydrogens is 562 g/mol. The normalized spacial score (nSPS) is 13.6. The average molecular weight is 602 g/mol. The van der Waals surface area contributed by atoms with Crippen molar-refractivity contribution >= 4 is 0 Å². The Morgan fingerprint density at radius 3 is 1.70 bits per heavy atom. The van der Waals surface area contributed by atoms with Crippen LogP contribution in [0.15, 0.2) is 128 Å². The van der Waals surface area contributed by atoms with E-state index in [2.05, 4.69) is 118 Å². The highest BCUT2D eigenvalue weighted by Crippen LogP contribution is 2.57. The van der Waals surface area contributed by atoms with Gasteiger partial charge in [0.15, 0.2) is 5.82 Å². The minimum atomic E-state index is -0.645. The molecule has 0 atom stereocenters. The summed E-state index contributed by atoms with van der Waals surface area (Å²) in [6, 6.07) is 38.6.